The van der Waals surface area contributed by atoms with Gasteiger partial charge >= 0.3 is 0 Å². The van der Waals surface area contributed by atoms with Crippen molar-refractivity contribution in [3.63, 3.8) is 0 Å². The first kappa shape index (κ1) is 14.4. The number of nitro benzene ring substituents is 1. The fraction of sp³-hybridized carbons (Fsp3) is 0.400. The van der Waals surface area contributed by atoms with Crippen molar-refractivity contribution in [2.24, 2.45) is 0 Å². The van der Waals surface area contributed by atoms with E-state index in [0.29, 0.717) is 5.69 Å². The highest BCUT2D eigenvalue weighted by atomic mass is 35.5. The molecule has 4 nitrogen and oxygen atoms in total. The monoisotopic (exact) mass is 294 g/mol. The first-order chi connectivity index (χ1) is 7.95. The summed E-state index contributed by atoms with van der Waals surface area (Å²) in [5.41, 5.74) is 0.434. The van der Waals surface area contributed by atoms with Gasteiger partial charge in [-0.2, -0.15) is 11.8 Å². The van der Waals surface area contributed by atoms with Crippen molar-refractivity contribution < 1.29 is 4.92 Å². The van der Waals surface area contributed by atoms with Gasteiger partial charge in [0, 0.05) is 23.9 Å². The predicted octanol–water partition coefficient (Wildman–Crippen LogP) is 4.07. The summed E-state index contributed by atoms with van der Waals surface area (Å²) < 4.78 is 0. The maximum atomic E-state index is 10.6. The van der Waals surface area contributed by atoms with Crippen LogP contribution >= 0.6 is 35.0 Å². The van der Waals surface area contributed by atoms with Crippen LogP contribution in [0.4, 0.5) is 11.4 Å². The molecule has 1 N–H and O–H groups in total. The van der Waals surface area contributed by atoms with Crippen LogP contribution < -0.4 is 5.32 Å². The topological polar surface area (TPSA) is 55.2 Å². The van der Waals surface area contributed by atoms with E-state index >= 15 is 0 Å². The second kappa shape index (κ2) is 6.33. The Balaban J connectivity index is 2.97. The van der Waals surface area contributed by atoms with Gasteiger partial charge in [0.15, 0.2) is 0 Å². The van der Waals surface area contributed by atoms with Crippen molar-refractivity contribution in [3.05, 3.63) is 32.3 Å². The van der Waals surface area contributed by atoms with E-state index in [1.54, 1.807) is 11.8 Å². The lowest BCUT2D eigenvalue weighted by atomic mass is 10.2. The molecule has 1 atom stereocenters. The third-order valence-electron chi connectivity index (χ3n) is 2.05. The maximum absolute atomic E-state index is 10.6. The molecule has 17 heavy (non-hydrogen) atoms. The molecule has 0 bridgehead atoms. The molecule has 1 aromatic carbocycles. The minimum atomic E-state index is -0.521. The Kier molecular flexibility index (Phi) is 5.36. The van der Waals surface area contributed by atoms with Crippen molar-refractivity contribution in [2.45, 2.75) is 13.0 Å². The zero-order chi connectivity index (χ0) is 13.0. The summed E-state index contributed by atoms with van der Waals surface area (Å²) in [6.07, 6.45) is 2.00. The Morgan fingerprint density at radius 3 is 2.41 bits per heavy atom. The van der Waals surface area contributed by atoms with Gasteiger partial charge < -0.3 is 5.32 Å². The molecular formula is C10H12Cl2N2O2S. The molecule has 1 aromatic rings. The normalized spacial score (nSPS) is 12.2. The van der Waals surface area contributed by atoms with Crippen molar-refractivity contribution in [3.8, 4) is 0 Å². The van der Waals surface area contributed by atoms with Crippen LogP contribution in [0, 0.1) is 10.1 Å². The molecule has 0 aliphatic rings. The average Bonchev–Trinajstić information content (AvgIpc) is 2.23. The van der Waals surface area contributed by atoms with Gasteiger partial charge in [-0.3, -0.25) is 10.1 Å². The summed E-state index contributed by atoms with van der Waals surface area (Å²) in [6.45, 7) is 1.99. The summed E-state index contributed by atoms with van der Waals surface area (Å²) in [4.78, 5) is 10.1. The SMILES string of the molecule is CSCC(C)Nc1c(Cl)cc([N+](=O)[O-])cc1Cl. The van der Waals surface area contributed by atoms with Gasteiger partial charge in [-0.05, 0) is 13.2 Å². The first-order valence-electron chi connectivity index (χ1n) is 4.84. The van der Waals surface area contributed by atoms with E-state index in [2.05, 4.69) is 5.32 Å². The van der Waals surface area contributed by atoms with Gasteiger partial charge in [0.2, 0.25) is 0 Å². The maximum Gasteiger partial charge on any atom is 0.272 e. The molecule has 0 heterocycles. The fourth-order valence-electron chi connectivity index (χ4n) is 1.34. The molecule has 0 saturated heterocycles. The largest absolute Gasteiger partial charge is 0.379 e. The van der Waals surface area contributed by atoms with E-state index in [4.69, 9.17) is 23.2 Å². The summed E-state index contributed by atoms with van der Waals surface area (Å²) in [5.74, 6) is 0.893. The number of hydrogen-bond donors (Lipinski definition) is 1. The van der Waals surface area contributed by atoms with Crippen molar-refractivity contribution >= 4 is 46.3 Å². The molecule has 0 aromatic heterocycles. The Hall–Kier alpha value is -0.650. The zero-order valence-electron chi connectivity index (χ0n) is 9.37. The molecule has 0 aliphatic carbocycles. The minimum absolute atomic E-state index is 0.108. The molecule has 7 heteroatoms. The van der Waals surface area contributed by atoms with Gasteiger partial charge in [0.1, 0.15) is 0 Å². The predicted molar refractivity (Wildman–Crippen MR) is 74.6 cm³/mol. The summed E-state index contributed by atoms with van der Waals surface area (Å²) in [5, 5.41) is 14.3. The summed E-state index contributed by atoms with van der Waals surface area (Å²) in [7, 11) is 0. The number of nitrogens with one attached hydrogen (secondary N) is 1. The van der Waals surface area contributed by atoms with E-state index in [1.807, 2.05) is 13.2 Å². The molecule has 0 spiro atoms. The van der Waals surface area contributed by atoms with E-state index < -0.39 is 4.92 Å². The van der Waals surface area contributed by atoms with Crippen molar-refractivity contribution in [2.75, 3.05) is 17.3 Å². The quantitative estimate of drug-likeness (QED) is 0.657. The minimum Gasteiger partial charge on any atom is -0.379 e. The van der Waals surface area contributed by atoms with Crippen LogP contribution in [0.5, 0.6) is 0 Å². The van der Waals surface area contributed by atoms with Gasteiger partial charge in [-0.1, -0.05) is 23.2 Å². The smallest absolute Gasteiger partial charge is 0.272 e. The molecule has 0 radical (unpaired) electrons. The van der Waals surface area contributed by atoms with Crippen LogP contribution in [-0.2, 0) is 0 Å². The van der Waals surface area contributed by atoms with Crippen LogP contribution in [0.15, 0.2) is 12.1 Å². The van der Waals surface area contributed by atoms with Crippen LogP contribution in [0.2, 0.25) is 10.0 Å². The van der Waals surface area contributed by atoms with Crippen LogP contribution in [0.3, 0.4) is 0 Å². The number of non-ortho nitro benzene ring substituents is 1. The second-order valence-corrected chi connectivity index (χ2v) is 5.27. The number of benzene rings is 1. The lowest BCUT2D eigenvalue weighted by Crippen LogP contribution is -2.18. The second-order valence-electron chi connectivity index (χ2n) is 3.54. The number of thioether (sulfide) groups is 1. The van der Waals surface area contributed by atoms with E-state index in [-0.39, 0.29) is 21.8 Å². The van der Waals surface area contributed by atoms with Gasteiger partial charge in [-0.15, -0.1) is 0 Å². The molecule has 94 valence electrons. The summed E-state index contributed by atoms with van der Waals surface area (Å²) in [6, 6.07) is 2.77. The lowest BCUT2D eigenvalue weighted by molar-refractivity contribution is -0.384. The number of halogens is 2. The number of nitrogens with zero attached hydrogens (tertiary/aromatic N) is 1. The molecule has 0 aliphatic heterocycles. The highest BCUT2D eigenvalue weighted by molar-refractivity contribution is 7.98. The molecular weight excluding hydrogens is 283 g/mol. The van der Waals surface area contributed by atoms with E-state index in [0.717, 1.165) is 5.75 Å². The molecule has 0 fully saturated rings. The standard InChI is InChI=1S/C10H12Cl2N2O2S/c1-6(5-17-2)13-10-8(11)3-7(14(15)16)4-9(10)12/h3-4,6,13H,5H2,1-2H3. The first-order valence-corrected chi connectivity index (χ1v) is 6.99. The third kappa shape index (κ3) is 3.94. The molecule has 1 rings (SSSR count). The Morgan fingerprint density at radius 2 is 2.00 bits per heavy atom. The molecule has 0 saturated carbocycles. The van der Waals surface area contributed by atoms with Crippen molar-refractivity contribution in [1.82, 2.24) is 0 Å². The van der Waals surface area contributed by atoms with Gasteiger partial charge in [-0.25, -0.2) is 0 Å². The number of anilines is 1. The Morgan fingerprint density at radius 1 is 1.47 bits per heavy atom. The fourth-order valence-corrected chi connectivity index (χ4v) is 2.51. The summed E-state index contributed by atoms with van der Waals surface area (Å²) >= 11 is 13.6. The zero-order valence-corrected chi connectivity index (χ0v) is 11.7. The number of rotatable bonds is 5. The van der Waals surface area contributed by atoms with Gasteiger partial charge in [0.05, 0.1) is 20.7 Å². The molecule has 1 unspecified atom stereocenters. The van der Waals surface area contributed by atoms with E-state index in [1.165, 1.54) is 12.1 Å². The number of nitro groups is 1. The van der Waals surface area contributed by atoms with Crippen LogP contribution in [0.1, 0.15) is 6.92 Å². The Bertz CT molecular complexity index is 406. The Labute approximate surface area is 114 Å². The average molecular weight is 295 g/mol. The van der Waals surface area contributed by atoms with Crippen molar-refractivity contribution in [1.29, 1.82) is 0 Å². The highest BCUT2D eigenvalue weighted by Crippen LogP contribution is 2.35. The van der Waals surface area contributed by atoms with Crippen LogP contribution in [-0.4, -0.2) is 23.0 Å². The number of hydrogen-bond acceptors (Lipinski definition) is 4. The van der Waals surface area contributed by atoms with Gasteiger partial charge in [0.25, 0.3) is 5.69 Å². The molecule has 0 amide bonds. The highest BCUT2D eigenvalue weighted by Gasteiger charge is 2.15. The lowest BCUT2D eigenvalue weighted by Gasteiger charge is -2.16. The van der Waals surface area contributed by atoms with E-state index in [9.17, 15) is 10.1 Å². The third-order valence-corrected chi connectivity index (χ3v) is 3.47. The van der Waals surface area contributed by atoms with Crippen LogP contribution in [0.25, 0.3) is 0 Å².